The second kappa shape index (κ2) is 10.0. The predicted octanol–water partition coefficient (Wildman–Crippen LogP) is 3.82. The molecule has 0 saturated carbocycles. The molecule has 1 amide bonds. The van der Waals surface area contributed by atoms with Gasteiger partial charge in [-0.2, -0.15) is 4.98 Å². The molecule has 0 unspecified atom stereocenters. The molecule has 0 aliphatic heterocycles. The molecule has 0 aliphatic carbocycles. The number of hydrogen-bond acceptors (Lipinski definition) is 8. The van der Waals surface area contributed by atoms with Crippen molar-refractivity contribution in [1.82, 2.24) is 15.0 Å². The lowest BCUT2D eigenvalue weighted by atomic mass is 10.1. The van der Waals surface area contributed by atoms with Crippen LogP contribution in [0.3, 0.4) is 0 Å². The first-order valence-corrected chi connectivity index (χ1v) is 9.99. The normalized spacial score (nSPS) is 10.7. The van der Waals surface area contributed by atoms with Crippen LogP contribution in [0.15, 0.2) is 40.9 Å². The summed E-state index contributed by atoms with van der Waals surface area (Å²) in [7, 11) is 6.20. The molecule has 3 aromatic rings. The lowest BCUT2D eigenvalue weighted by Crippen LogP contribution is -2.36. The maximum atomic E-state index is 13.3. The van der Waals surface area contributed by atoms with Crippen LogP contribution in [0.5, 0.6) is 23.0 Å². The largest absolute Gasteiger partial charge is 0.497 e. The standard InChI is InChI=1S/C23H27N3O6/c1-14(2)26(23(27)17-9-8-16(28-3)12-19(17)30-5)13-21-24-22(25-32-21)15-7-10-18(29-4)20(11-15)31-6/h7-12,14H,13H2,1-6H3. The van der Waals surface area contributed by atoms with E-state index in [4.69, 9.17) is 23.5 Å². The van der Waals surface area contributed by atoms with Gasteiger partial charge in [0.05, 0.1) is 34.0 Å². The van der Waals surface area contributed by atoms with Crippen LogP contribution in [0, 0.1) is 0 Å². The summed E-state index contributed by atoms with van der Waals surface area (Å²) in [6.45, 7) is 3.98. The number of hydrogen-bond donors (Lipinski definition) is 0. The molecule has 170 valence electrons. The lowest BCUT2D eigenvalue weighted by molar-refractivity contribution is 0.0664. The van der Waals surface area contributed by atoms with Crippen molar-refractivity contribution in [3.05, 3.63) is 47.9 Å². The first-order chi connectivity index (χ1) is 15.4. The van der Waals surface area contributed by atoms with Crippen LogP contribution < -0.4 is 18.9 Å². The Kier molecular flexibility index (Phi) is 7.19. The number of carbonyl (C=O) groups is 1. The van der Waals surface area contributed by atoms with Crippen molar-refractivity contribution in [2.24, 2.45) is 0 Å². The molecule has 0 spiro atoms. The summed E-state index contributed by atoms with van der Waals surface area (Å²) in [6.07, 6.45) is 0. The summed E-state index contributed by atoms with van der Waals surface area (Å²) < 4.78 is 26.6. The van der Waals surface area contributed by atoms with Gasteiger partial charge < -0.3 is 28.4 Å². The summed E-state index contributed by atoms with van der Waals surface area (Å²) in [4.78, 5) is 19.4. The number of methoxy groups -OCH3 is 4. The molecular weight excluding hydrogens is 414 g/mol. The molecule has 0 aliphatic rings. The minimum Gasteiger partial charge on any atom is -0.497 e. The van der Waals surface area contributed by atoms with Crippen LogP contribution in [0.2, 0.25) is 0 Å². The minimum atomic E-state index is -0.217. The van der Waals surface area contributed by atoms with E-state index in [1.807, 2.05) is 19.9 Å². The van der Waals surface area contributed by atoms with Crippen molar-refractivity contribution >= 4 is 5.91 Å². The number of ether oxygens (including phenoxy) is 4. The molecule has 1 aromatic heterocycles. The SMILES string of the molecule is COc1ccc(C(=O)N(Cc2nc(-c3ccc(OC)c(OC)c3)no2)C(C)C)c(OC)c1. The number of carbonyl (C=O) groups excluding carboxylic acids is 1. The summed E-state index contributed by atoms with van der Waals surface area (Å²) in [5.74, 6) is 2.67. The van der Waals surface area contributed by atoms with E-state index in [-0.39, 0.29) is 18.5 Å². The number of nitrogens with zero attached hydrogens (tertiary/aromatic N) is 3. The third-order valence-electron chi connectivity index (χ3n) is 4.94. The third kappa shape index (κ3) is 4.77. The Morgan fingerprint density at radius 1 is 0.938 bits per heavy atom. The number of amides is 1. The fraction of sp³-hybridized carbons (Fsp3) is 0.348. The molecule has 0 saturated heterocycles. The minimum absolute atomic E-state index is 0.120. The van der Waals surface area contributed by atoms with Gasteiger partial charge in [0, 0.05) is 17.7 Å². The van der Waals surface area contributed by atoms with Crippen molar-refractivity contribution in [3.63, 3.8) is 0 Å². The highest BCUT2D eigenvalue weighted by Crippen LogP contribution is 2.31. The third-order valence-corrected chi connectivity index (χ3v) is 4.94. The topological polar surface area (TPSA) is 96.2 Å². The molecule has 32 heavy (non-hydrogen) atoms. The molecule has 2 aromatic carbocycles. The molecular formula is C23H27N3O6. The molecule has 0 fully saturated rings. The van der Waals surface area contributed by atoms with E-state index in [1.165, 1.54) is 7.11 Å². The maximum absolute atomic E-state index is 13.3. The van der Waals surface area contributed by atoms with Crippen LogP contribution >= 0.6 is 0 Å². The zero-order valence-corrected chi connectivity index (χ0v) is 19.0. The molecule has 9 nitrogen and oxygen atoms in total. The van der Waals surface area contributed by atoms with E-state index in [0.717, 1.165) is 0 Å². The quantitative estimate of drug-likeness (QED) is 0.494. The second-order valence-corrected chi connectivity index (χ2v) is 7.17. The van der Waals surface area contributed by atoms with Crippen LogP contribution in [0.25, 0.3) is 11.4 Å². The van der Waals surface area contributed by atoms with Gasteiger partial charge in [0.2, 0.25) is 11.7 Å². The van der Waals surface area contributed by atoms with Crippen LogP contribution in [-0.2, 0) is 6.54 Å². The van der Waals surface area contributed by atoms with Crippen molar-refractivity contribution in [1.29, 1.82) is 0 Å². The Morgan fingerprint density at radius 2 is 1.66 bits per heavy atom. The van der Waals surface area contributed by atoms with Gasteiger partial charge in [0.25, 0.3) is 5.91 Å². The lowest BCUT2D eigenvalue weighted by Gasteiger charge is -2.26. The highest BCUT2D eigenvalue weighted by molar-refractivity contribution is 5.97. The number of benzene rings is 2. The van der Waals surface area contributed by atoms with Gasteiger partial charge in [-0.25, -0.2) is 0 Å². The van der Waals surface area contributed by atoms with Crippen LogP contribution in [0.4, 0.5) is 0 Å². The van der Waals surface area contributed by atoms with Crippen molar-refractivity contribution in [3.8, 4) is 34.4 Å². The van der Waals surface area contributed by atoms with Gasteiger partial charge in [-0.05, 0) is 44.2 Å². The first kappa shape index (κ1) is 22.9. The van der Waals surface area contributed by atoms with Gasteiger partial charge in [0.1, 0.15) is 18.0 Å². The zero-order valence-electron chi connectivity index (χ0n) is 19.0. The van der Waals surface area contributed by atoms with Crippen molar-refractivity contribution < 1.29 is 28.3 Å². The number of rotatable bonds is 9. The number of aromatic nitrogens is 2. The van der Waals surface area contributed by atoms with E-state index in [2.05, 4.69) is 10.1 Å². The molecule has 0 bridgehead atoms. The Hall–Kier alpha value is -3.75. The summed E-state index contributed by atoms with van der Waals surface area (Å²) in [5, 5.41) is 4.06. The summed E-state index contributed by atoms with van der Waals surface area (Å²) >= 11 is 0. The monoisotopic (exact) mass is 441 g/mol. The highest BCUT2D eigenvalue weighted by atomic mass is 16.5. The Labute approximate surface area is 186 Å². The van der Waals surface area contributed by atoms with Gasteiger partial charge >= 0.3 is 0 Å². The van der Waals surface area contributed by atoms with Gasteiger partial charge in [0.15, 0.2) is 11.5 Å². The van der Waals surface area contributed by atoms with E-state index >= 15 is 0 Å². The maximum Gasteiger partial charge on any atom is 0.258 e. The smallest absolute Gasteiger partial charge is 0.258 e. The van der Waals surface area contributed by atoms with Crippen LogP contribution in [0.1, 0.15) is 30.1 Å². The van der Waals surface area contributed by atoms with Gasteiger partial charge in [-0.3, -0.25) is 4.79 Å². The zero-order chi connectivity index (χ0) is 23.3. The molecule has 1 heterocycles. The molecule has 0 N–H and O–H groups in total. The summed E-state index contributed by atoms with van der Waals surface area (Å²) in [5.41, 5.74) is 1.12. The van der Waals surface area contributed by atoms with E-state index in [9.17, 15) is 4.79 Å². The fourth-order valence-electron chi connectivity index (χ4n) is 3.18. The van der Waals surface area contributed by atoms with Gasteiger partial charge in [-0.15, -0.1) is 0 Å². The Balaban J connectivity index is 1.85. The summed E-state index contributed by atoms with van der Waals surface area (Å²) in [6, 6.07) is 10.3. The van der Waals surface area contributed by atoms with Crippen LogP contribution in [-0.4, -0.2) is 55.4 Å². The van der Waals surface area contributed by atoms with Gasteiger partial charge in [-0.1, -0.05) is 5.16 Å². The molecule has 0 radical (unpaired) electrons. The Bertz CT molecular complexity index is 1080. The van der Waals surface area contributed by atoms with E-state index < -0.39 is 0 Å². The Morgan fingerprint density at radius 3 is 2.28 bits per heavy atom. The van der Waals surface area contributed by atoms with E-state index in [1.54, 1.807) is 56.6 Å². The first-order valence-electron chi connectivity index (χ1n) is 9.99. The van der Waals surface area contributed by atoms with Crippen molar-refractivity contribution in [2.45, 2.75) is 26.4 Å². The van der Waals surface area contributed by atoms with Crippen molar-refractivity contribution in [2.75, 3.05) is 28.4 Å². The predicted molar refractivity (Wildman–Crippen MR) is 117 cm³/mol. The molecule has 0 atom stereocenters. The fourth-order valence-corrected chi connectivity index (χ4v) is 3.18. The second-order valence-electron chi connectivity index (χ2n) is 7.17. The highest BCUT2D eigenvalue weighted by Gasteiger charge is 2.25. The average molecular weight is 441 g/mol. The van der Waals surface area contributed by atoms with E-state index in [0.29, 0.717) is 45.8 Å². The average Bonchev–Trinajstić information content (AvgIpc) is 3.29. The molecule has 3 rings (SSSR count). The molecule has 9 heteroatoms.